The average molecular weight is 502 g/mol. The fourth-order valence-electron chi connectivity index (χ4n) is 6.50. The van der Waals surface area contributed by atoms with Crippen molar-refractivity contribution >= 4 is 11.7 Å². The second-order valence-electron chi connectivity index (χ2n) is 10.5. The van der Waals surface area contributed by atoms with Gasteiger partial charge in [0.25, 0.3) is 5.91 Å². The third-order valence-electron chi connectivity index (χ3n) is 8.22. The van der Waals surface area contributed by atoms with Crippen molar-refractivity contribution in [2.45, 2.75) is 49.9 Å². The van der Waals surface area contributed by atoms with Gasteiger partial charge in [0.2, 0.25) is 0 Å². The molecular formula is C27H30F3N3O3. The number of aromatic nitrogens is 1. The number of hydrogen-bond acceptors (Lipinski definition) is 5. The van der Waals surface area contributed by atoms with Crippen LogP contribution in [0.5, 0.6) is 0 Å². The van der Waals surface area contributed by atoms with Crippen LogP contribution in [0.2, 0.25) is 0 Å². The Hall–Kier alpha value is -2.78. The topological polar surface area (TPSA) is 82.5 Å². The lowest BCUT2D eigenvalue weighted by molar-refractivity contribution is -0.137. The van der Waals surface area contributed by atoms with Crippen molar-refractivity contribution < 1.29 is 27.9 Å². The first-order valence-corrected chi connectivity index (χ1v) is 12.5. The highest BCUT2D eigenvalue weighted by atomic mass is 19.4. The number of alkyl halides is 3. The molecule has 6 nitrogen and oxygen atoms in total. The minimum atomic E-state index is -4.53. The summed E-state index contributed by atoms with van der Waals surface area (Å²) in [5.41, 5.74) is -1.11. The number of nitrogens with one attached hydrogen (secondary N) is 1. The molecule has 0 radical (unpaired) electrons. The molecule has 192 valence electrons. The predicted molar refractivity (Wildman–Crippen MR) is 126 cm³/mol. The second kappa shape index (κ2) is 9.59. The second-order valence-corrected chi connectivity index (χ2v) is 10.5. The number of nitrogens with zero attached hydrogens (tertiary/aromatic N) is 2. The summed E-state index contributed by atoms with van der Waals surface area (Å²) in [4.78, 5) is 31.6. The summed E-state index contributed by atoms with van der Waals surface area (Å²) >= 11 is 0. The summed E-state index contributed by atoms with van der Waals surface area (Å²) in [7, 11) is 0. The number of pyridine rings is 1. The number of aliphatic hydroxyl groups is 1. The number of ketones is 1. The van der Waals surface area contributed by atoms with Gasteiger partial charge in [-0.15, -0.1) is 0 Å². The Morgan fingerprint density at radius 3 is 2.69 bits per heavy atom. The van der Waals surface area contributed by atoms with Gasteiger partial charge in [-0.1, -0.05) is 12.1 Å². The minimum absolute atomic E-state index is 0.119. The van der Waals surface area contributed by atoms with E-state index in [1.165, 1.54) is 12.1 Å². The van der Waals surface area contributed by atoms with Gasteiger partial charge < -0.3 is 10.4 Å². The van der Waals surface area contributed by atoms with E-state index in [-0.39, 0.29) is 29.7 Å². The van der Waals surface area contributed by atoms with E-state index in [2.05, 4.69) is 15.2 Å². The molecule has 0 spiro atoms. The predicted octanol–water partition coefficient (Wildman–Crippen LogP) is 3.80. The van der Waals surface area contributed by atoms with Crippen molar-refractivity contribution in [3.63, 3.8) is 0 Å². The quantitative estimate of drug-likeness (QED) is 0.603. The molecule has 2 saturated carbocycles. The van der Waals surface area contributed by atoms with Crippen LogP contribution >= 0.6 is 0 Å². The SMILES string of the molecule is O=C(CNC(=O)c1cccc(C(F)(F)F)c1)CC1CCN(C2CC3CC2CC3(O)c2ccccn2)C1. The number of likely N-dealkylation sites (tertiary alicyclic amines) is 1. The van der Waals surface area contributed by atoms with Crippen molar-refractivity contribution in [2.24, 2.45) is 17.8 Å². The Morgan fingerprint density at radius 2 is 2.00 bits per heavy atom. The molecule has 2 bridgehead atoms. The average Bonchev–Trinajstić information content (AvgIpc) is 3.57. The molecule has 2 aliphatic carbocycles. The lowest BCUT2D eigenvalue weighted by atomic mass is 9.79. The summed E-state index contributed by atoms with van der Waals surface area (Å²) in [6, 6.07) is 10.2. The number of halogens is 3. The third-order valence-corrected chi connectivity index (χ3v) is 8.22. The molecule has 1 aliphatic heterocycles. The van der Waals surface area contributed by atoms with Crippen LogP contribution < -0.4 is 5.32 Å². The molecule has 2 heterocycles. The van der Waals surface area contributed by atoms with E-state index in [1.807, 2.05) is 18.2 Å². The molecule has 2 aromatic rings. The van der Waals surface area contributed by atoms with Crippen LogP contribution in [0.15, 0.2) is 48.7 Å². The van der Waals surface area contributed by atoms with Gasteiger partial charge in [-0.05, 0) is 80.3 Å². The van der Waals surface area contributed by atoms with Gasteiger partial charge in [-0.25, -0.2) is 0 Å². The first-order valence-electron chi connectivity index (χ1n) is 12.5. The first-order chi connectivity index (χ1) is 17.1. The van der Waals surface area contributed by atoms with Gasteiger partial charge in [0.1, 0.15) is 5.60 Å². The van der Waals surface area contributed by atoms with E-state index in [9.17, 15) is 27.9 Å². The van der Waals surface area contributed by atoms with Gasteiger partial charge in [-0.2, -0.15) is 13.2 Å². The van der Waals surface area contributed by atoms with Crippen LogP contribution in [0.1, 0.15) is 53.7 Å². The van der Waals surface area contributed by atoms with Crippen LogP contribution in [0.3, 0.4) is 0 Å². The van der Waals surface area contributed by atoms with Crippen molar-refractivity contribution in [3.05, 3.63) is 65.5 Å². The Labute approximate surface area is 207 Å². The van der Waals surface area contributed by atoms with Gasteiger partial charge >= 0.3 is 6.18 Å². The zero-order valence-corrected chi connectivity index (χ0v) is 19.9. The number of rotatable bonds is 7. The van der Waals surface area contributed by atoms with E-state index in [1.54, 1.807) is 6.20 Å². The van der Waals surface area contributed by atoms with E-state index in [4.69, 9.17) is 0 Å². The summed E-state index contributed by atoms with van der Waals surface area (Å²) in [5.74, 6) is -0.0290. The Kier molecular flexibility index (Phi) is 6.63. The lowest BCUT2D eigenvalue weighted by Gasteiger charge is -2.39. The van der Waals surface area contributed by atoms with Crippen LogP contribution in [-0.4, -0.2) is 52.4 Å². The molecule has 3 fully saturated rings. The van der Waals surface area contributed by atoms with E-state index in [0.29, 0.717) is 24.8 Å². The maximum absolute atomic E-state index is 12.9. The highest BCUT2D eigenvalue weighted by Gasteiger charge is 2.57. The van der Waals surface area contributed by atoms with Gasteiger partial charge in [0, 0.05) is 30.8 Å². The minimum Gasteiger partial charge on any atom is -0.383 e. The molecule has 36 heavy (non-hydrogen) atoms. The number of carbonyl (C=O) groups excluding carboxylic acids is 2. The molecule has 1 aromatic heterocycles. The normalized spacial score (nSPS) is 30.0. The summed E-state index contributed by atoms with van der Waals surface area (Å²) in [5, 5.41) is 13.8. The number of hydrogen-bond donors (Lipinski definition) is 2. The van der Waals surface area contributed by atoms with Crippen LogP contribution in [-0.2, 0) is 16.6 Å². The maximum Gasteiger partial charge on any atom is 0.416 e. The first kappa shape index (κ1) is 24.9. The molecule has 5 rings (SSSR count). The summed E-state index contributed by atoms with van der Waals surface area (Å²) in [6.45, 7) is 1.52. The van der Waals surface area contributed by atoms with Crippen molar-refractivity contribution in [2.75, 3.05) is 19.6 Å². The zero-order chi connectivity index (χ0) is 25.5. The highest BCUT2D eigenvalue weighted by Crippen LogP contribution is 2.56. The van der Waals surface area contributed by atoms with Crippen LogP contribution in [0.4, 0.5) is 13.2 Å². The fraction of sp³-hybridized carbons (Fsp3) is 0.519. The lowest BCUT2D eigenvalue weighted by Crippen LogP contribution is -2.44. The summed E-state index contributed by atoms with van der Waals surface area (Å²) in [6.07, 6.45) is 1.03. The van der Waals surface area contributed by atoms with Crippen molar-refractivity contribution in [3.8, 4) is 0 Å². The maximum atomic E-state index is 12.9. The largest absolute Gasteiger partial charge is 0.416 e. The monoisotopic (exact) mass is 501 g/mol. The molecule has 5 atom stereocenters. The van der Waals surface area contributed by atoms with E-state index < -0.39 is 23.2 Å². The molecule has 1 amide bonds. The van der Waals surface area contributed by atoms with Crippen LogP contribution in [0.25, 0.3) is 0 Å². The molecule has 3 aliphatic rings. The Balaban J connectivity index is 1.09. The molecular weight excluding hydrogens is 471 g/mol. The summed E-state index contributed by atoms with van der Waals surface area (Å²) < 4.78 is 38.6. The van der Waals surface area contributed by atoms with Crippen molar-refractivity contribution in [1.82, 2.24) is 15.2 Å². The van der Waals surface area contributed by atoms with E-state index in [0.717, 1.165) is 50.2 Å². The Morgan fingerprint density at radius 1 is 1.17 bits per heavy atom. The van der Waals surface area contributed by atoms with Gasteiger partial charge in [0.15, 0.2) is 5.78 Å². The van der Waals surface area contributed by atoms with E-state index >= 15 is 0 Å². The number of fused-ring (bicyclic) bond motifs is 2. The molecule has 9 heteroatoms. The fourth-order valence-corrected chi connectivity index (χ4v) is 6.50. The standard InChI is InChI=1S/C27H30F3N3O3/c28-27(29,30)20-5-3-4-18(11-20)25(35)32-15-22(34)10-17-7-9-33(16-17)23-13-21-12-19(23)14-26(21,36)24-6-1-2-8-31-24/h1-6,8,11,17,19,21,23,36H,7,9-10,12-16H2,(H,32,35). The molecule has 1 aromatic carbocycles. The number of carbonyl (C=O) groups is 2. The third kappa shape index (κ3) is 4.91. The number of Topliss-reactive ketones (excluding diaryl/α,β-unsaturated/α-hetero) is 1. The van der Waals surface area contributed by atoms with Crippen molar-refractivity contribution in [1.29, 1.82) is 0 Å². The van der Waals surface area contributed by atoms with Gasteiger partial charge in [0.05, 0.1) is 17.8 Å². The number of amides is 1. The molecule has 5 unspecified atom stereocenters. The molecule has 2 N–H and O–H groups in total. The number of benzene rings is 1. The molecule has 1 saturated heterocycles. The highest BCUT2D eigenvalue weighted by molar-refractivity contribution is 5.96. The smallest absolute Gasteiger partial charge is 0.383 e. The van der Waals surface area contributed by atoms with Crippen LogP contribution in [0, 0.1) is 17.8 Å². The van der Waals surface area contributed by atoms with Gasteiger partial charge in [-0.3, -0.25) is 19.5 Å². The zero-order valence-electron chi connectivity index (χ0n) is 19.9. The Bertz CT molecular complexity index is 1130.